The number of anilines is 1. The van der Waals surface area contributed by atoms with Crippen LogP contribution < -0.4 is 10.2 Å². The van der Waals surface area contributed by atoms with Gasteiger partial charge in [-0.15, -0.1) is 0 Å². The summed E-state index contributed by atoms with van der Waals surface area (Å²) in [5.41, 5.74) is 1.49. The van der Waals surface area contributed by atoms with Crippen molar-refractivity contribution in [2.24, 2.45) is 4.99 Å². The number of para-hydroxylation sites is 2. The number of halogens is 1. The summed E-state index contributed by atoms with van der Waals surface area (Å²) in [4.78, 5) is 8.88. The number of nitrogens with zero attached hydrogens (tertiary/aromatic N) is 3. The highest BCUT2D eigenvalue weighted by atomic mass is 19.1. The maximum atomic E-state index is 13.0. The van der Waals surface area contributed by atoms with Gasteiger partial charge in [-0.05, 0) is 36.8 Å². The second-order valence-electron chi connectivity index (χ2n) is 6.72. The number of aliphatic hydroxyl groups excluding tert-OH is 1. The van der Waals surface area contributed by atoms with Crippen molar-refractivity contribution in [3.63, 3.8) is 0 Å². The first-order valence-electron chi connectivity index (χ1n) is 9.58. The Morgan fingerprint density at radius 1 is 1.11 bits per heavy atom. The molecule has 0 bridgehead atoms. The highest BCUT2D eigenvalue weighted by Gasteiger charge is 2.21. The predicted octanol–water partition coefficient (Wildman–Crippen LogP) is 2.35. The Kier molecular flexibility index (Phi) is 6.71. The lowest BCUT2D eigenvalue weighted by atomic mass is 10.1. The van der Waals surface area contributed by atoms with Crippen molar-refractivity contribution in [2.75, 3.05) is 44.2 Å². The van der Waals surface area contributed by atoms with Gasteiger partial charge in [-0.3, -0.25) is 4.99 Å². The van der Waals surface area contributed by atoms with Crippen LogP contribution in [0.25, 0.3) is 0 Å². The molecular formula is C21H27FN4O2. The molecule has 0 radical (unpaired) electrons. The van der Waals surface area contributed by atoms with E-state index in [2.05, 4.69) is 20.1 Å². The summed E-state index contributed by atoms with van der Waals surface area (Å²) in [7, 11) is 0. The van der Waals surface area contributed by atoms with Crippen LogP contribution in [0, 0.1) is 5.82 Å². The molecule has 3 rings (SSSR count). The van der Waals surface area contributed by atoms with Crippen molar-refractivity contribution in [1.29, 1.82) is 0 Å². The summed E-state index contributed by atoms with van der Waals surface area (Å²) in [6.45, 7) is 5.98. The quantitative estimate of drug-likeness (QED) is 0.544. The molecule has 2 aromatic rings. The number of benzene rings is 2. The molecular weight excluding hydrogens is 359 g/mol. The second kappa shape index (κ2) is 9.41. The number of hydrogen-bond donors (Lipinski definition) is 3. The monoisotopic (exact) mass is 386 g/mol. The van der Waals surface area contributed by atoms with Crippen LogP contribution >= 0.6 is 0 Å². The Morgan fingerprint density at radius 2 is 1.79 bits per heavy atom. The van der Waals surface area contributed by atoms with Crippen molar-refractivity contribution >= 4 is 11.6 Å². The summed E-state index contributed by atoms with van der Waals surface area (Å²) < 4.78 is 13.0. The van der Waals surface area contributed by atoms with Gasteiger partial charge < -0.3 is 25.3 Å². The lowest BCUT2D eigenvalue weighted by Gasteiger charge is -2.38. The third kappa shape index (κ3) is 4.92. The molecule has 0 aliphatic carbocycles. The summed E-state index contributed by atoms with van der Waals surface area (Å²) >= 11 is 0. The normalized spacial score (nSPS) is 16.2. The number of rotatable bonds is 5. The third-order valence-corrected chi connectivity index (χ3v) is 4.81. The largest absolute Gasteiger partial charge is 0.506 e. The van der Waals surface area contributed by atoms with Gasteiger partial charge in [0.25, 0.3) is 0 Å². The van der Waals surface area contributed by atoms with Crippen molar-refractivity contribution in [3.8, 4) is 5.75 Å². The molecule has 0 saturated carbocycles. The Morgan fingerprint density at radius 3 is 2.43 bits per heavy atom. The van der Waals surface area contributed by atoms with E-state index in [4.69, 9.17) is 0 Å². The minimum atomic E-state index is -0.781. The first kappa shape index (κ1) is 19.9. The van der Waals surface area contributed by atoms with E-state index in [1.165, 1.54) is 12.1 Å². The smallest absolute Gasteiger partial charge is 0.194 e. The molecule has 150 valence electrons. The molecule has 1 unspecified atom stereocenters. The zero-order chi connectivity index (χ0) is 19.9. The van der Waals surface area contributed by atoms with Crippen LogP contribution in [0.2, 0.25) is 0 Å². The molecule has 1 fully saturated rings. The first-order chi connectivity index (χ1) is 13.6. The molecule has 0 spiro atoms. The van der Waals surface area contributed by atoms with Crippen molar-refractivity contribution < 1.29 is 14.6 Å². The minimum Gasteiger partial charge on any atom is -0.506 e. The number of nitrogens with one attached hydrogen (secondary N) is 1. The number of phenolic OH excluding ortho intramolecular Hbond substituents is 1. The average molecular weight is 386 g/mol. The van der Waals surface area contributed by atoms with Gasteiger partial charge in [0.05, 0.1) is 18.3 Å². The molecule has 0 amide bonds. The summed E-state index contributed by atoms with van der Waals surface area (Å²) in [5, 5.41) is 23.7. The maximum absolute atomic E-state index is 13.0. The molecule has 1 heterocycles. The van der Waals surface area contributed by atoms with E-state index in [1.807, 2.05) is 25.1 Å². The summed E-state index contributed by atoms with van der Waals surface area (Å²) in [5.74, 6) is 0.717. The molecule has 3 N–H and O–H groups in total. The summed E-state index contributed by atoms with van der Waals surface area (Å²) in [6, 6.07) is 13.2. The average Bonchev–Trinajstić information content (AvgIpc) is 2.72. The Hall–Kier alpha value is -2.80. The fourth-order valence-corrected chi connectivity index (χ4v) is 3.28. The topological polar surface area (TPSA) is 71.3 Å². The first-order valence-corrected chi connectivity index (χ1v) is 9.58. The molecule has 1 aliphatic heterocycles. The Bertz CT molecular complexity index is 789. The van der Waals surface area contributed by atoms with E-state index in [1.54, 1.807) is 18.2 Å². The fourth-order valence-electron chi connectivity index (χ4n) is 3.28. The number of aliphatic hydroxyl groups is 1. The Balaban J connectivity index is 1.62. The molecule has 6 nitrogen and oxygen atoms in total. The van der Waals surface area contributed by atoms with Gasteiger partial charge in [-0.1, -0.05) is 24.3 Å². The van der Waals surface area contributed by atoms with E-state index in [0.29, 0.717) is 11.3 Å². The fraction of sp³-hybridized carbons (Fsp3) is 0.381. The van der Waals surface area contributed by atoms with E-state index in [0.717, 1.165) is 44.4 Å². The standard InChI is InChI=1S/C21H27FN4O2/c1-2-23-21(24-15-20(28)16-7-9-17(22)10-8-16)26-13-11-25(12-14-26)18-5-3-4-6-19(18)27/h3-10,20,27-28H,2,11-15H2,1H3,(H,23,24). The van der Waals surface area contributed by atoms with Gasteiger partial charge >= 0.3 is 0 Å². The van der Waals surface area contributed by atoms with E-state index in [9.17, 15) is 14.6 Å². The van der Waals surface area contributed by atoms with Crippen molar-refractivity contribution in [1.82, 2.24) is 10.2 Å². The van der Waals surface area contributed by atoms with Crippen LogP contribution in [0.1, 0.15) is 18.6 Å². The number of aromatic hydroxyl groups is 1. The zero-order valence-corrected chi connectivity index (χ0v) is 16.1. The lowest BCUT2D eigenvalue weighted by molar-refractivity contribution is 0.186. The van der Waals surface area contributed by atoms with Gasteiger partial charge in [0.1, 0.15) is 11.6 Å². The maximum Gasteiger partial charge on any atom is 0.194 e. The van der Waals surface area contributed by atoms with E-state index >= 15 is 0 Å². The Labute approximate surface area is 164 Å². The molecule has 0 aromatic heterocycles. The highest BCUT2D eigenvalue weighted by Crippen LogP contribution is 2.27. The van der Waals surface area contributed by atoms with Gasteiger partial charge in [-0.25, -0.2) is 4.39 Å². The van der Waals surface area contributed by atoms with Crippen LogP contribution in [-0.4, -0.2) is 60.3 Å². The van der Waals surface area contributed by atoms with Gasteiger partial charge in [-0.2, -0.15) is 0 Å². The van der Waals surface area contributed by atoms with Gasteiger partial charge in [0, 0.05) is 32.7 Å². The molecule has 1 saturated heterocycles. The molecule has 2 aromatic carbocycles. The summed E-state index contributed by atoms with van der Waals surface area (Å²) in [6.07, 6.45) is -0.781. The number of piperazine rings is 1. The molecule has 1 atom stereocenters. The predicted molar refractivity (Wildman–Crippen MR) is 109 cm³/mol. The van der Waals surface area contributed by atoms with Gasteiger partial charge in [0.15, 0.2) is 5.96 Å². The van der Waals surface area contributed by atoms with Crippen LogP contribution in [0.15, 0.2) is 53.5 Å². The molecule has 28 heavy (non-hydrogen) atoms. The SMILES string of the molecule is CCNC(=NCC(O)c1ccc(F)cc1)N1CCN(c2ccccc2O)CC1. The van der Waals surface area contributed by atoms with Crippen LogP contribution in [0.4, 0.5) is 10.1 Å². The minimum absolute atomic E-state index is 0.202. The third-order valence-electron chi connectivity index (χ3n) is 4.81. The van der Waals surface area contributed by atoms with Crippen LogP contribution in [0.3, 0.4) is 0 Å². The number of phenols is 1. The number of guanidine groups is 1. The number of aliphatic imine (C=N–C) groups is 1. The molecule has 7 heteroatoms. The van der Waals surface area contributed by atoms with Crippen LogP contribution in [0.5, 0.6) is 5.75 Å². The van der Waals surface area contributed by atoms with Crippen molar-refractivity contribution in [2.45, 2.75) is 13.0 Å². The second-order valence-corrected chi connectivity index (χ2v) is 6.72. The lowest BCUT2D eigenvalue weighted by Crippen LogP contribution is -2.52. The van der Waals surface area contributed by atoms with Crippen molar-refractivity contribution in [3.05, 3.63) is 59.9 Å². The van der Waals surface area contributed by atoms with Gasteiger partial charge in [0.2, 0.25) is 0 Å². The number of hydrogen-bond acceptors (Lipinski definition) is 4. The zero-order valence-electron chi connectivity index (χ0n) is 16.1. The highest BCUT2D eigenvalue weighted by molar-refractivity contribution is 5.80. The van der Waals surface area contributed by atoms with E-state index < -0.39 is 6.10 Å². The van der Waals surface area contributed by atoms with Crippen LogP contribution in [-0.2, 0) is 0 Å². The molecule has 1 aliphatic rings. The van der Waals surface area contributed by atoms with E-state index in [-0.39, 0.29) is 12.4 Å².